The predicted molar refractivity (Wildman–Crippen MR) is 58.9 cm³/mol. The van der Waals surface area contributed by atoms with Crippen molar-refractivity contribution in [1.29, 1.82) is 0 Å². The number of nitrogens with two attached hydrogens (primary N) is 1. The Kier molecular flexibility index (Phi) is 2.58. The normalized spacial score (nSPS) is 14.9. The Bertz CT molecular complexity index is 453. The molecule has 0 aliphatic heterocycles. The number of rotatable bonds is 2. The van der Waals surface area contributed by atoms with Crippen LogP contribution in [0.2, 0.25) is 0 Å². The highest BCUT2D eigenvalue weighted by molar-refractivity contribution is 5.93. The predicted octanol–water partition coefficient (Wildman–Crippen LogP) is 2.38. The number of carbonyl (C=O) groups is 1. The number of anilines is 1. The third-order valence-electron chi connectivity index (χ3n) is 3.02. The van der Waals surface area contributed by atoms with E-state index >= 15 is 0 Å². The molecule has 1 aliphatic rings. The Morgan fingerprint density at radius 3 is 2.69 bits per heavy atom. The van der Waals surface area contributed by atoms with E-state index in [2.05, 4.69) is 4.74 Å². The highest BCUT2D eigenvalue weighted by Gasteiger charge is 2.29. The Balaban J connectivity index is 2.55. The van der Waals surface area contributed by atoms with Crippen molar-refractivity contribution in [2.45, 2.75) is 25.7 Å². The summed E-state index contributed by atoms with van der Waals surface area (Å²) in [5.41, 5.74) is 7.68. The van der Waals surface area contributed by atoms with Crippen LogP contribution in [-0.2, 0) is 4.74 Å². The summed E-state index contributed by atoms with van der Waals surface area (Å²) in [7, 11) is 1.23. The van der Waals surface area contributed by atoms with Crippen molar-refractivity contribution >= 4 is 11.7 Å². The van der Waals surface area contributed by atoms with Crippen molar-refractivity contribution in [1.82, 2.24) is 0 Å². The molecule has 86 valence electrons. The molecule has 0 bridgehead atoms. The Morgan fingerprint density at radius 2 is 2.19 bits per heavy atom. The number of halogens is 1. The quantitative estimate of drug-likeness (QED) is 0.618. The highest BCUT2D eigenvalue weighted by atomic mass is 19.1. The van der Waals surface area contributed by atoms with Crippen molar-refractivity contribution in [3.63, 3.8) is 0 Å². The van der Waals surface area contributed by atoms with Crippen LogP contribution in [0.25, 0.3) is 0 Å². The number of hydrogen-bond donors (Lipinski definition) is 1. The first-order valence-corrected chi connectivity index (χ1v) is 5.23. The minimum absolute atomic E-state index is 0.0515. The van der Waals surface area contributed by atoms with Gasteiger partial charge >= 0.3 is 5.97 Å². The molecule has 1 saturated carbocycles. The van der Waals surface area contributed by atoms with Gasteiger partial charge in [-0.3, -0.25) is 0 Å². The molecular formula is C12H14FNO2. The molecule has 0 radical (unpaired) electrons. The standard InChI is InChI=1S/C12H14FNO2/c1-6-10(12(15)16-2)9(13)5-8(11(6)14)7-3-4-7/h5,7H,3-4,14H2,1-2H3. The van der Waals surface area contributed by atoms with Crippen LogP contribution < -0.4 is 5.73 Å². The third kappa shape index (κ3) is 1.64. The van der Waals surface area contributed by atoms with E-state index in [1.165, 1.54) is 13.2 Å². The first kappa shape index (κ1) is 10.9. The maximum atomic E-state index is 13.8. The van der Waals surface area contributed by atoms with Gasteiger partial charge in [0, 0.05) is 5.69 Å². The molecule has 16 heavy (non-hydrogen) atoms. The largest absolute Gasteiger partial charge is 0.465 e. The lowest BCUT2D eigenvalue weighted by atomic mass is 9.98. The molecule has 0 unspecified atom stereocenters. The Labute approximate surface area is 93.4 Å². The average molecular weight is 223 g/mol. The van der Waals surface area contributed by atoms with Gasteiger partial charge in [-0.1, -0.05) is 0 Å². The molecule has 2 rings (SSSR count). The molecule has 1 fully saturated rings. The van der Waals surface area contributed by atoms with Gasteiger partial charge in [0.05, 0.1) is 7.11 Å². The molecule has 1 aliphatic carbocycles. The van der Waals surface area contributed by atoms with E-state index in [1.54, 1.807) is 6.92 Å². The summed E-state index contributed by atoms with van der Waals surface area (Å²) in [5, 5.41) is 0. The van der Waals surface area contributed by atoms with E-state index < -0.39 is 11.8 Å². The van der Waals surface area contributed by atoms with Gasteiger partial charge in [-0.2, -0.15) is 0 Å². The molecule has 1 aromatic carbocycles. The lowest BCUT2D eigenvalue weighted by Gasteiger charge is -2.12. The van der Waals surface area contributed by atoms with Crippen LogP contribution >= 0.6 is 0 Å². The molecule has 0 atom stereocenters. The number of esters is 1. The van der Waals surface area contributed by atoms with Crippen LogP contribution in [0.15, 0.2) is 6.07 Å². The van der Waals surface area contributed by atoms with E-state index in [-0.39, 0.29) is 5.56 Å². The molecule has 0 heterocycles. The van der Waals surface area contributed by atoms with Gasteiger partial charge < -0.3 is 10.5 Å². The van der Waals surface area contributed by atoms with Crippen molar-refractivity contribution in [3.05, 3.63) is 28.6 Å². The fourth-order valence-electron chi connectivity index (χ4n) is 1.90. The average Bonchev–Trinajstić information content (AvgIpc) is 3.07. The Hall–Kier alpha value is -1.58. The second-order valence-corrected chi connectivity index (χ2v) is 4.13. The summed E-state index contributed by atoms with van der Waals surface area (Å²) in [6.07, 6.45) is 2.08. The fourth-order valence-corrected chi connectivity index (χ4v) is 1.90. The number of benzene rings is 1. The number of ether oxygens (including phenoxy) is 1. The van der Waals surface area contributed by atoms with E-state index in [4.69, 9.17) is 5.73 Å². The SMILES string of the molecule is COC(=O)c1c(F)cc(C2CC2)c(N)c1C. The van der Waals surface area contributed by atoms with Gasteiger partial charge in [0.2, 0.25) is 0 Å². The van der Waals surface area contributed by atoms with Gasteiger partial charge in [0.15, 0.2) is 0 Å². The van der Waals surface area contributed by atoms with Gasteiger partial charge in [0.1, 0.15) is 11.4 Å². The van der Waals surface area contributed by atoms with Crippen LogP contribution in [0.5, 0.6) is 0 Å². The zero-order valence-electron chi connectivity index (χ0n) is 9.34. The first-order valence-electron chi connectivity index (χ1n) is 5.23. The summed E-state index contributed by atoms with van der Waals surface area (Å²) in [5.74, 6) is -0.857. The van der Waals surface area contributed by atoms with Crippen molar-refractivity contribution < 1.29 is 13.9 Å². The molecule has 4 heteroatoms. The van der Waals surface area contributed by atoms with E-state index in [1.807, 2.05) is 0 Å². The second kappa shape index (κ2) is 3.77. The van der Waals surface area contributed by atoms with E-state index in [0.717, 1.165) is 18.4 Å². The van der Waals surface area contributed by atoms with Crippen LogP contribution in [0.4, 0.5) is 10.1 Å². The lowest BCUT2D eigenvalue weighted by Crippen LogP contribution is -2.11. The smallest absolute Gasteiger partial charge is 0.341 e. The summed E-state index contributed by atoms with van der Waals surface area (Å²) in [6, 6.07) is 1.37. The zero-order chi connectivity index (χ0) is 11.9. The van der Waals surface area contributed by atoms with E-state index in [9.17, 15) is 9.18 Å². The van der Waals surface area contributed by atoms with E-state index in [0.29, 0.717) is 17.2 Å². The zero-order valence-corrected chi connectivity index (χ0v) is 9.34. The van der Waals surface area contributed by atoms with Crippen LogP contribution in [-0.4, -0.2) is 13.1 Å². The molecule has 2 N–H and O–H groups in total. The van der Waals surface area contributed by atoms with Crippen molar-refractivity contribution in [2.24, 2.45) is 0 Å². The van der Waals surface area contributed by atoms with Gasteiger partial charge in [0.25, 0.3) is 0 Å². The molecular weight excluding hydrogens is 209 g/mol. The highest BCUT2D eigenvalue weighted by Crippen LogP contribution is 2.44. The number of carbonyl (C=O) groups excluding carboxylic acids is 1. The fraction of sp³-hybridized carbons (Fsp3) is 0.417. The van der Waals surface area contributed by atoms with Crippen molar-refractivity contribution in [2.75, 3.05) is 12.8 Å². The first-order chi connectivity index (χ1) is 7.56. The molecule has 0 aromatic heterocycles. The lowest BCUT2D eigenvalue weighted by molar-refractivity contribution is 0.0594. The summed E-state index contributed by atoms with van der Waals surface area (Å²) >= 11 is 0. The summed E-state index contributed by atoms with van der Waals surface area (Å²) < 4.78 is 18.3. The molecule has 1 aromatic rings. The van der Waals surface area contributed by atoms with Crippen molar-refractivity contribution in [3.8, 4) is 0 Å². The number of nitrogen functional groups attached to an aromatic ring is 1. The summed E-state index contributed by atoms with van der Waals surface area (Å²) in [4.78, 5) is 11.4. The number of methoxy groups -OCH3 is 1. The second-order valence-electron chi connectivity index (χ2n) is 4.13. The molecule has 0 saturated heterocycles. The van der Waals surface area contributed by atoms with Crippen LogP contribution in [0.1, 0.15) is 40.2 Å². The minimum atomic E-state index is -0.677. The van der Waals surface area contributed by atoms with Gasteiger partial charge in [-0.15, -0.1) is 0 Å². The number of hydrogen-bond acceptors (Lipinski definition) is 3. The molecule has 0 spiro atoms. The van der Waals surface area contributed by atoms with Gasteiger partial charge in [-0.25, -0.2) is 9.18 Å². The van der Waals surface area contributed by atoms with Gasteiger partial charge in [-0.05, 0) is 42.9 Å². The van der Waals surface area contributed by atoms with Crippen LogP contribution in [0, 0.1) is 12.7 Å². The third-order valence-corrected chi connectivity index (χ3v) is 3.02. The molecule has 0 amide bonds. The minimum Gasteiger partial charge on any atom is -0.465 e. The monoisotopic (exact) mass is 223 g/mol. The molecule has 3 nitrogen and oxygen atoms in total. The topological polar surface area (TPSA) is 52.3 Å². The Morgan fingerprint density at radius 1 is 1.56 bits per heavy atom. The maximum Gasteiger partial charge on any atom is 0.341 e. The maximum absolute atomic E-state index is 13.8. The van der Waals surface area contributed by atoms with Crippen LogP contribution in [0.3, 0.4) is 0 Å². The summed E-state index contributed by atoms with van der Waals surface area (Å²) in [6.45, 7) is 1.65.